The summed E-state index contributed by atoms with van der Waals surface area (Å²) in [7, 11) is 0. The number of rotatable bonds is 7. The van der Waals surface area contributed by atoms with Gasteiger partial charge in [-0.25, -0.2) is 0 Å². The third-order valence-corrected chi connectivity index (χ3v) is 11.9. The Morgan fingerprint density at radius 1 is 0.685 bits per heavy atom. The monoisotopic (exact) mass is 697 g/mol. The average molecular weight is 698 g/mol. The van der Waals surface area contributed by atoms with Crippen LogP contribution >= 0.6 is 0 Å². The zero-order valence-corrected chi connectivity index (χ0v) is 31.9. The Balaban J connectivity index is 1.13. The molecule has 9 rings (SSSR count). The predicted molar refractivity (Wildman–Crippen MR) is 233 cm³/mol. The molecule has 1 aromatic heterocycles. The SMILES string of the molecule is C/C=C\c1c(/C=C/c2ccccc2)c2cc(C3(C)C=CC=CC3)ccc2n1-c1ccc(-c2ccc(-c3cccc4c3CC3=CCCC=C34)cc2C)c(C)c1. The Morgan fingerprint density at radius 3 is 2.26 bits per heavy atom. The number of benzene rings is 5. The van der Waals surface area contributed by atoms with E-state index >= 15 is 0 Å². The molecule has 1 atom stereocenters. The molecule has 1 heterocycles. The van der Waals surface area contributed by atoms with Crippen molar-refractivity contribution in [2.45, 2.75) is 58.8 Å². The molecule has 0 aliphatic heterocycles. The van der Waals surface area contributed by atoms with Crippen molar-refractivity contribution in [3.63, 3.8) is 0 Å². The topological polar surface area (TPSA) is 4.93 Å². The molecule has 0 fully saturated rings. The minimum absolute atomic E-state index is 0.0358. The molecular formula is C53H47N. The highest BCUT2D eigenvalue weighted by Gasteiger charge is 2.27. The summed E-state index contributed by atoms with van der Waals surface area (Å²) in [4.78, 5) is 0. The van der Waals surface area contributed by atoms with E-state index in [0.29, 0.717) is 0 Å². The fraction of sp³-hybridized carbons (Fsp3) is 0.170. The van der Waals surface area contributed by atoms with Gasteiger partial charge in [-0.2, -0.15) is 0 Å². The van der Waals surface area contributed by atoms with Crippen LogP contribution in [-0.4, -0.2) is 4.57 Å². The van der Waals surface area contributed by atoms with Crippen molar-refractivity contribution in [3.05, 3.63) is 196 Å². The molecule has 1 nitrogen and oxygen atoms in total. The van der Waals surface area contributed by atoms with E-state index in [0.717, 1.165) is 25.7 Å². The zero-order valence-electron chi connectivity index (χ0n) is 31.9. The van der Waals surface area contributed by atoms with Gasteiger partial charge in [0.25, 0.3) is 0 Å². The van der Waals surface area contributed by atoms with Gasteiger partial charge in [0.15, 0.2) is 0 Å². The highest BCUT2D eigenvalue weighted by Crippen LogP contribution is 2.45. The van der Waals surface area contributed by atoms with Gasteiger partial charge in [0.2, 0.25) is 0 Å². The van der Waals surface area contributed by atoms with Crippen LogP contribution in [0.5, 0.6) is 0 Å². The lowest BCUT2D eigenvalue weighted by Crippen LogP contribution is -2.19. The second-order valence-electron chi connectivity index (χ2n) is 15.5. The van der Waals surface area contributed by atoms with Crippen LogP contribution in [0.1, 0.15) is 77.7 Å². The van der Waals surface area contributed by atoms with Gasteiger partial charge in [-0.1, -0.05) is 140 Å². The van der Waals surface area contributed by atoms with Gasteiger partial charge in [0, 0.05) is 22.1 Å². The highest BCUT2D eigenvalue weighted by molar-refractivity contribution is 5.98. The molecule has 0 saturated heterocycles. The van der Waals surface area contributed by atoms with Crippen molar-refractivity contribution in [3.8, 4) is 27.9 Å². The van der Waals surface area contributed by atoms with Crippen molar-refractivity contribution >= 4 is 34.7 Å². The molecule has 1 unspecified atom stereocenters. The molecule has 5 aromatic carbocycles. The molecule has 264 valence electrons. The predicted octanol–water partition coefficient (Wildman–Crippen LogP) is 14.2. The quantitative estimate of drug-likeness (QED) is 0.156. The van der Waals surface area contributed by atoms with E-state index in [1.807, 2.05) is 0 Å². The number of fused-ring (bicyclic) bond motifs is 4. The lowest BCUT2D eigenvalue weighted by Gasteiger charge is -2.27. The van der Waals surface area contributed by atoms with Crippen molar-refractivity contribution in [1.29, 1.82) is 0 Å². The summed E-state index contributed by atoms with van der Waals surface area (Å²) in [6, 6.07) is 38.7. The fourth-order valence-corrected chi connectivity index (χ4v) is 9.04. The molecule has 0 N–H and O–H groups in total. The molecule has 6 aromatic rings. The summed E-state index contributed by atoms with van der Waals surface area (Å²) in [5, 5.41) is 1.27. The zero-order chi connectivity index (χ0) is 36.8. The van der Waals surface area contributed by atoms with E-state index in [2.05, 4.69) is 196 Å². The minimum Gasteiger partial charge on any atom is -0.309 e. The number of hydrogen-bond acceptors (Lipinski definition) is 0. The number of allylic oxidation sites excluding steroid dienone is 9. The van der Waals surface area contributed by atoms with Gasteiger partial charge in [0.1, 0.15) is 0 Å². The number of aryl methyl sites for hydroxylation is 2. The van der Waals surface area contributed by atoms with Crippen LogP contribution in [0.25, 0.3) is 62.6 Å². The van der Waals surface area contributed by atoms with Gasteiger partial charge < -0.3 is 4.57 Å². The third kappa shape index (κ3) is 5.89. The van der Waals surface area contributed by atoms with Crippen LogP contribution in [-0.2, 0) is 11.8 Å². The molecule has 1 heteroatoms. The van der Waals surface area contributed by atoms with E-state index in [-0.39, 0.29) is 5.41 Å². The standard InChI is InChI=1S/C53H47N/c1-5-15-51-48(26-22-38-16-8-6-9-17-38)50-35-41(53(4)30-12-7-13-31-53)24-29-52(50)54(51)42-25-28-44(37(3)33-42)43-27-23-40(32-36(43)2)46-20-14-21-47-45-19-11-10-18-39(45)34-49(46)47/h5-9,12-30,32-33,35H,10-11,31,34H2,1-4H3/b15-5-,26-22+. The summed E-state index contributed by atoms with van der Waals surface area (Å²) in [5.41, 5.74) is 21.0. The van der Waals surface area contributed by atoms with Crippen molar-refractivity contribution in [2.75, 3.05) is 0 Å². The van der Waals surface area contributed by atoms with Gasteiger partial charge >= 0.3 is 0 Å². The van der Waals surface area contributed by atoms with Crippen molar-refractivity contribution in [1.82, 2.24) is 4.57 Å². The molecule has 0 saturated carbocycles. The van der Waals surface area contributed by atoms with Crippen molar-refractivity contribution in [2.24, 2.45) is 0 Å². The summed E-state index contributed by atoms with van der Waals surface area (Å²) in [6.45, 7) is 9.00. The van der Waals surface area contributed by atoms with Crippen molar-refractivity contribution < 1.29 is 0 Å². The first-order chi connectivity index (χ1) is 26.4. The molecule has 0 bridgehead atoms. The normalized spacial score (nSPS) is 17.7. The van der Waals surface area contributed by atoms with E-state index < -0.39 is 0 Å². The maximum atomic E-state index is 2.45. The Morgan fingerprint density at radius 2 is 1.48 bits per heavy atom. The molecule has 0 amide bonds. The first-order valence-electron chi connectivity index (χ1n) is 19.6. The second-order valence-corrected chi connectivity index (χ2v) is 15.5. The van der Waals surface area contributed by atoms with Gasteiger partial charge in [0.05, 0.1) is 11.2 Å². The Hall–Kier alpha value is -5.92. The highest BCUT2D eigenvalue weighted by atomic mass is 15.0. The van der Waals surface area contributed by atoms with Crippen LogP contribution in [0.3, 0.4) is 0 Å². The fourth-order valence-electron chi connectivity index (χ4n) is 9.04. The molecule has 3 aliphatic carbocycles. The number of nitrogens with zero attached hydrogens (tertiary/aromatic N) is 1. The van der Waals surface area contributed by atoms with E-state index in [1.54, 1.807) is 0 Å². The first-order valence-corrected chi connectivity index (χ1v) is 19.6. The number of hydrogen-bond donors (Lipinski definition) is 0. The van der Waals surface area contributed by atoms with E-state index in [1.165, 1.54) is 94.6 Å². The first kappa shape index (κ1) is 33.9. The molecular weight excluding hydrogens is 651 g/mol. The molecule has 3 aliphatic rings. The minimum atomic E-state index is -0.0358. The second kappa shape index (κ2) is 13.8. The maximum absolute atomic E-state index is 2.45. The number of aromatic nitrogens is 1. The molecule has 54 heavy (non-hydrogen) atoms. The molecule has 0 spiro atoms. The molecule has 0 radical (unpaired) electrons. The Bertz CT molecular complexity index is 2630. The summed E-state index contributed by atoms with van der Waals surface area (Å²) in [6.07, 6.45) is 27.2. The van der Waals surface area contributed by atoms with Gasteiger partial charge in [-0.3, -0.25) is 0 Å². The lowest BCUT2D eigenvalue weighted by atomic mass is 9.77. The van der Waals surface area contributed by atoms with Crippen LogP contribution in [0.15, 0.2) is 151 Å². The van der Waals surface area contributed by atoms with Crippen LogP contribution in [0, 0.1) is 13.8 Å². The van der Waals surface area contributed by atoms with Crippen LogP contribution in [0.2, 0.25) is 0 Å². The lowest BCUT2D eigenvalue weighted by molar-refractivity contribution is 0.600. The van der Waals surface area contributed by atoms with Gasteiger partial charge in [-0.05, 0) is 144 Å². The Labute approximate surface area is 320 Å². The largest absolute Gasteiger partial charge is 0.309 e. The van der Waals surface area contributed by atoms with Crippen LogP contribution in [0.4, 0.5) is 0 Å². The average Bonchev–Trinajstić information content (AvgIpc) is 3.73. The summed E-state index contributed by atoms with van der Waals surface area (Å²) < 4.78 is 2.45. The third-order valence-electron chi connectivity index (χ3n) is 11.9. The van der Waals surface area contributed by atoms with Crippen LogP contribution < -0.4 is 0 Å². The summed E-state index contributed by atoms with van der Waals surface area (Å²) in [5.74, 6) is 0. The maximum Gasteiger partial charge on any atom is 0.0541 e. The smallest absolute Gasteiger partial charge is 0.0541 e. The summed E-state index contributed by atoms with van der Waals surface area (Å²) >= 11 is 0. The van der Waals surface area contributed by atoms with Gasteiger partial charge in [-0.15, -0.1) is 0 Å². The van der Waals surface area contributed by atoms with E-state index in [4.69, 9.17) is 0 Å². The Kier molecular flexibility index (Phi) is 8.67. The van der Waals surface area contributed by atoms with E-state index in [9.17, 15) is 0 Å².